The number of fused-ring (bicyclic) bond motifs is 2. The van der Waals surface area contributed by atoms with Crippen molar-refractivity contribution in [3.63, 3.8) is 0 Å². The van der Waals surface area contributed by atoms with Crippen LogP contribution in [0.3, 0.4) is 0 Å². The molecule has 0 amide bonds. The standard InChI is InChI=1S/C16H14N4O2/c1-10(11-6-7-14-15(8-11)22-9-21-14)19-20-16-17-12-4-2-3-5-13(12)18-16/h2-8H,9H2,1H3,(H2,17,18,20)/b19-10+. The summed E-state index contributed by atoms with van der Waals surface area (Å²) in [6, 6.07) is 13.6. The first-order chi connectivity index (χ1) is 10.8. The Hall–Kier alpha value is -3.02. The average Bonchev–Trinajstić information content (AvgIpc) is 3.17. The molecule has 1 aromatic heterocycles. The monoisotopic (exact) mass is 294 g/mol. The van der Waals surface area contributed by atoms with E-state index in [1.54, 1.807) is 0 Å². The molecule has 3 aromatic rings. The number of aromatic amines is 1. The zero-order valence-corrected chi connectivity index (χ0v) is 12.0. The Morgan fingerprint density at radius 1 is 1.18 bits per heavy atom. The van der Waals surface area contributed by atoms with E-state index in [9.17, 15) is 0 Å². The summed E-state index contributed by atoms with van der Waals surface area (Å²) >= 11 is 0. The SMILES string of the molecule is C/C(=N\Nc1nc2ccccc2[nH]1)c1ccc2c(c1)OCO2. The minimum absolute atomic E-state index is 0.270. The van der Waals surface area contributed by atoms with Gasteiger partial charge in [0, 0.05) is 5.56 Å². The van der Waals surface area contributed by atoms with E-state index in [1.807, 2.05) is 49.4 Å². The number of para-hydroxylation sites is 2. The second-order valence-corrected chi connectivity index (χ2v) is 4.98. The van der Waals surface area contributed by atoms with Gasteiger partial charge in [-0.3, -0.25) is 0 Å². The van der Waals surface area contributed by atoms with Crippen molar-refractivity contribution < 1.29 is 9.47 Å². The summed E-state index contributed by atoms with van der Waals surface area (Å²) in [5, 5.41) is 4.36. The minimum Gasteiger partial charge on any atom is -0.454 e. The van der Waals surface area contributed by atoms with E-state index in [0.717, 1.165) is 33.8 Å². The topological polar surface area (TPSA) is 71.5 Å². The lowest BCUT2D eigenvalue weighted by atomic mass is 10.1. The number of aromatic nitrogens is 2. The van der Waals surface area contributed by atoms with Crippen LogP contribution >= 0.6 is 0 Å². The maximum absolute atomic E-state index is 5.38. The quantitative estimate of drug-likeness (QED) is 0.575. The summed E-state index contributed by atoms with van der Waals surface area (Å²) in [7, 11) is 0. The molecule has 2 aromatic carbocycles. The van der Waals surface area contributed by atoms with E-state index in [0.29, 0.717) is 5.95 Å². The fourth-order valence-corrected chi connectivity index (χ4v) is 2.33. The molecule has 0 unspecified atom stereocenters. The Labute approximate surface area is 126 Å². The van der Waals surface area contributed by atoms with Crippen LogP contribution in [0.25, 0.3) is 11.0 Å². The lowest BCUT2D eigenvalue weighted by Crippen LogP contribution is -2.00. The predicted molar refractivity (Wildman–Crippen MR) is 84.5 cm³/mol. The normalized spacial score (nSPS) is 13.6. The van der Waals surface area contributed by atoms with Crippen LogP contribution in [0.5, 0.6) is 11.5 Å². The van der Waals surface area contributed by atoms with Crippen LogP contribution in [0, 0.1) is 0 Å². The van der Waals surface area contributed by atoms with E-state index in [-0.39, 0.29) is 6.79 Å². The van der Waals surface area contributed by atoms with E-state index >= 15 is 0 Å². The molecule has 0 atom stereocenters. The van der Waals surface area contributed by atoms with Crippen LogP contribution in [0.15, 0.2) is 47.6 Å². The number of hydrazone groups is 1. The van der Waals surface area contributed by atoms with Gasteiger partial charge in [-0.15, -0.1) is 0 Å². The van der Waals surface area contributed by atoms with Crippen molar-refractivity contribution in [2.24, 2.45) is 5.10 Å². The fourth-order valence-electron chi connectivity index (χ4n) is 2.33. The van der Waals surface area contributed by atoms with Crippen molar-refractivity contribution >= 4 is 22.7 Å². The average molecular weight is 294 g/mol. The summed E-state index contributed by atoms with van der Waals surface area (Å²) < 4.78 is 10.7. The zero-order valence-electron chi connectivity index (χ0n) is 12.0. The number of H-pyrrole nitrogens is 1. The van der Waals surface area contributed by atoms with Gasteiger partial charge in [-0.05, 0) is 37.3 Å². The van der Waals surface area contributed by atoms with Gasteiger partial charge in [-0.1, -0.05) is 12.1 Å². The highest BCUT2D eigenvalue weighted by atomic mass is 16.7. The third-order valence-electron chi connectivity index (χ3n) is 3.51. The van der Waals surface area contributed by atoms with Crippen LogP contribution in [-0.4, -0.2) is 22.5 Å². The van der Waals surface area contributed by atoms with E-state index in [2.05, 4.69) is 20.5 Å². The van der Waals surface area contributed by atoms with Gasteiger partial charge in [0.15, 0.2) is 11.5 Å². The van der Waals surface area contributed by atoms with Gasteiger partial charge in [0.1, 0.15) is 0 Å². The highest BCUT2D eigenvalue weighted by molar-refractivity contribution is 5.99. The molecule has 2 N–H and O–H groups in total. The predicted octanol–water partition coefficient (Wildman–Crippen LogP) is 3.13. The van der Waals surface area contributed by atoms with Crippen molar-refractivity contribution in [1.29, 1.82) is 0 Å². The minimum atomic E-state index is 0.270. The van der Waals surface area contributed by atoms with Gasteiger partial charge in [-0.2, -0.15) is 5.10 Å². The number of hydrogen-bond donors (Lipinski definition) is 2. The molecule has 0 fully saturated rings. The van der Waals surface area contributed by atoms with Crippen LogP contribution in [-0.2, 0) is 0 Å². The Bertz CT molecular complexity index is 836. The first-order valence-electron chi connectivity index (χ1n) is 6.95. The first kappa shape index (κ1) is 12.7. The number of anilines is 1. The lowest BCUT2D eigenvalue weighted by molar-refractivity contribution is 0.174. The smallest absolute Gasteiger partial charge is 0.231 e. The van der Waals surface area contributed by atoms with Crippen LogP contribution < -0.4 is 14.9 Å². The van der Waals surface area contributed by atoms with E-state index < -0.39 is 0 Å². The molecule has 0 spiro atoms. The number of hydrogen-bond acceptors (Lipinski definition) is 5. The summed E-state index contributed by atoms with van der Waals surface area (Å²) in [4.78, 5) is 7.59. The van der Waals surface area contributed by atoms with Gasteiger partial charge in [0.05, 0.1) is 16.7 Å². The molecule has 0 radical (unpaired) electrons. The van der Waals surface area contributed by atoms with Gasteiger partial charge in [-0.25, -0.2) is 10.4 Å². The molecule has 0 saturated heterocycles. The highest BCUT2D eigenvalue weighted by Crippen LogP contribution is 2.32. The van der Waals surface area contributed by atoms with Gasteiger partial charge >= 0.3 is 0 Å². The first-order valence-corrected chi connectivity index (χ1v) is 6.95. The van der Waals surface area contributed by atoms with Crippen LogP contribution in [0.4, 0.5) is 5.95 Å². The number of nitrogens with one attached hydrogen (secondary N) is 2. The summed E-state index contributed by atoms with van der Waals surface area (Å²) in [5.41, 5.74) is 6.62. The van der Waals surface area contributed by atoms with Crippen LogP contribution in [0.2, 0.25) is 0 Å². The van der Waals surface area contributed by atoms with Gasteiger partial charge in [0.2, 0.25) is 12.7 Å². The van der Waals surface area contributed by atoms with Crippen LogP contribution in [0.1, 0.15) is 12.5 Å². The fraction of sp³-hybridized carbons (Fsp3) is 0.125. The van der Waals surface area contributed by atoms with Crippen molar-refractivity contribution in [1.82, 2.24) is 9.97 Å². The maximum atomic E-state index is 5.38. The highest BCUT2D eigenvalue weighted by Gasteiger charge is 2.14. The maximum Gasteiger partial charge on any atom is 0.231 e. The zero-order chi connectivity index (χ0) is 14.9. The van der Waals surface area contributed by atoms with Crippen molar-refractivity contribution in [3.05, 3.63) is 48.0 Å². The number of imidazole rings is 1. The molecule has 1 aliphatic rings. The summed E-state index contributed by atoms with van der Waals surface area (Å²) in [6.45, 7) is 2.19. The molecular weight excluding hydrogens is 280 g/mol. The van der Waals surface area contributed by atoms with E-state index in [1.165, 1.54) is 0 Å². The molecule has 6 heteroatoms. The van der Waals surface area contributed by atoms with Crippen molar-refractivity contribution in [2.75, 3.05) is 12.2 Å². The molecule has 4 rings (SSSR count). The molecule has 1 aliphatic heterocycles. The molecule has 22 heavy (non-hydrogen) atoms. The van der Waals surface area contributed by atoms with Crippen molar-refractivity contribution in [3.8, 4) is 11.5 Å². The molecule has 0 bridgehead atoms. The van der Waals surface area contributed by atoms with Gasteiger partial charge < -0.3 is 14.5 Å². The third kappa shape index (κ3) is 2.24. The second-order valence-electron chi connectivity index (χ2n) is 4.98. The molecule has 110 valence electrons. The Morgan fingerprint density at radius 3 is 2.95 bits per heavy atom. The Morgan fingerprint density at radius 2 is 2.05 bits per heavy atom. The lowest BCUT2D eigenvalue weighted by Gasteiger charge is -2.03. The Balaban J connectivity index is 1.57. The van der Waals surface area contributed by atoms with Gasteiger partial charge in [0.25, 0.3) is 0 Å². The largest absolute Gasteiger partial charge is 0.454 e. The number of rotatable bonds is 3. The number of ether oxygens (including phenoxy) is 2. The van der Waals surface area contributed by atoms with Crippen molar-refractivity contribution in [2.45, 2.75) is 6.92 Å². The van der Waals surface area contributed by atoms with E-state index in [4.69, 9.17) is 9.47 Å². The third-order valence-corrected chi connectivity index (χ3v) is 3.51. The molecular formula is C16H14N4O2. The molecule has 6 nitrogen and oxygen atoms in total. The molecule has 0 aliphatic carbocycles. The molecule has 2 heterocycles. The number of nitrogens with zero attached hydrogens (tertiary/aromatic N) is 2. The second kappa shape index (κ2) is 5.07. The summed E-state index contributed by atoms with van der Waals surface area (Å²) in [6.07, 6.45) is 0. The summed E-state index contributed by atoms with van der Waals surface area (Å²) in [5.74, 6) is 2.12. The Kier molecular flexibility index (Phi) is 2.93. The number of benzene rings is 2. The molecule has 0 saturated carbocycles.